The van der Waals surface area contributed by atoms with Gasteiger partial charge in [0.15, 0.2) is 5.78 Å². The molecule has 0 heterocycles. The first-order valence-corrected chi connectivity index (χ1v) is 12.0. The lowest BCUT2D eigenvalue weighted by molar-refractivity contribution is -0.112. The molecular formula is C29H40N2O. The van der Waals surface area contributed by atoms with Crippen molar-refractivity contribution in [3.63, 3.8) is 0 Å². The maximum Gasteiger partial charge on any atom is 0.182 e. The molecule has 0 aliphatic heterocycles. The number of para-hydroxylation sites is 2. The topological polar surface area (TPSA) is 41.8 Å². The summed E-state index contributed by atoms with van der Waals surface area (Å²) < 4.78 is 0. The van der Waals surface area contributed by atoms with Crippen molar-refractivity contribution in [1.29, 1.82) is 0 Å². The van der Waals surface area contributed by atoms with Crippen LogP contribution >= 0.6 is 0 Å². The lowest BCUT2D eigenvalue weighted by atomic mass is 9.92. The third-order valence-electron chi connectivity index (χ3n) is 5.84. The molecule has 0 N–H and O–H groups in total. The lowest BCUT2D eigenvalue weighted by Crippen LogP contribution is -2.15. The average molecular weight is 433 g/mol. The second-order valence-corrected chi connectivity index (χ2v) is 9.72. The van der Waals surface area contributed by atoms with Crippen molar-refractivity contribution < 1.29 is 4.79 Å². The monoisotopic (exact) mass is 432 g/mol. The predicted octanol–water partition coefficient (Wildman–Crippen LogP) is 8.63. The molecule has 3 nitrogen and oxygen atoms in total. The molecule has 0 unspecified atom stereocenters. The highest BCUT2D eigenvalue weighted by Gasteiger charge is 2.17. The van der Waals surface area contributed by atoms with Crippen LogP contribution in [0.2, 0.25) is 0 Å². The molecule has 0 aliphatic carbocycles. The number of carbonyl (C=O) groups excluding carboxylic acids is 1. The van der Waals surface area contributed by atoms with Gasteiger partial charge in [-0.1, -0.05) is 98.7 Å². The Balaban J connectivity index is 2.72. The molecule has 0 fully saturated rings. The number of ketones is 1. The quantitative estimate of drug-likeness (QED) is 0.366. The molecular weight excluding hydrogens is 392 g/mol. The molecule has 0 atom stereocenters. The molecule has 2 aromatic carbocycles. The average Bonchev–Trinajstić information content (AvgIpc) is 2.75. The van der Waals surface area contributed by atoms with E-state index < -0.39 is 0 Å². The summed E-state index contributed by atoms with van der Waals surface area (Å²) in [6, 6.07) is 12.7. The van der Waals surface area contributed by atoms with Gasteiger partial charge in [0.05, 0.1) is 17.6 Å². The highest BCUT2D eigenvalue weighted by molar-refractivity contribution is 6.61. The fourth-order valence-corrected chi connectivity index (χ4v) is 3.89. The van der Waals surface area contributed by atoms with E-state index in [0.29, 0.717) is 35.8 Å². The predicted molar refractivity (Wildman–Crippen MR) is 140 cm³/mol. The molecule has 0 bridgehead atoms. The van der Waals surface area contributed by atoms with E-state index in [1.807, 2.05) is 6.92 Å². The molecule has 0 radical (unpaired) electrons. The van der Waals surface area contributed by atoms with Gasteiger partial charge in [-0.05, 0) is 45.9 Å². The van der Waals surface area contributed by atoms with Crippen LogP contribution in [-0.2, 0) is 4.79 Å². The maximum atomic E-state index is 12.9. The minimum absolute atomic E-state index is 0.00939. The van der Waals surface area contributed by atoms with Gasteiger partial charge in [0.25, 0.3) is 0 Å². The smallest absolute Gasteiger partial charge is 0.182 e. The zero-order valence-electron chi connectivity index (χ0n) is 21.4. The van der Waals surface area contributed by atoms with Crippen LogP contribution < -0.4 is 0 Å². The number of hydrogen-bond acceptors (Lipinski definition) is 3. The number of nitrogens with zero attached hydrogens (tertiary/aromatic N) is 2. The molecule has 3 heteroatoms. The van der Waals surface area contributed by atoms with E-state index >= 15 is 0 Å². The highest BCUT2D eigenvalue weighted by atomic mass is 16.1. The molecule has 2 rings (SSSR count). The molecule has 0 saturated heterocycles. The summed E-state index contributed by atoms with van der Waals surface area (Å²) in [5, 5.41) is 0. The molecule has 0 saturated carbocycles. The van der Waals surface area contributed by atoms with Crippen LogP contribution in [0.3, 0.4) is 0 Å². The van der Waals surface area contributed by atoms with Crippen LogP contribution in [0.4, 0.5) is 11.4 Å². The standard InChI is InChI=1S/C29H40N2O/c1-10-27(32)26(31-29-24(20(6)7)15-12-16-25(29)21(8)9)17-30-28-22(18(2)3)13-11-14-23(28)19(4)5/h11-21H,10H2,1-9H3. The van der Waals surface area contributed by atoms with Crippen molar-refractivity contribution in [2.45, 2.75) is 92.4 Å². The Morgan fingerprint density at radius 1 is 0.719 bits per heavy atom. The summed E-state index contributed by atoms with van der Waals surface area (Å²) in [6.45, 7) is 19.3. The van der Waals surface area contributed by atoms with Crippen LogP contribution in [0.5, 0.6) is 0 Å². The summed E-state index contributed by atoms with van der Waals surface area (Å²) in [5.41, 5.74) is 7.03. The summed E-state index contributed by atoms with van der Waals surface area (Å²) in [5.74, 6) is 1.33. The van der Waals surface area contributed by atoms with Gasteiger partial charge >= 0.3 is 0 Å². The number of aliphatic imine (C=N–C) groups is 2. The zero-order chi connectivity index (χ0) is 24.0. The zero-order valence-corrected chi connectivity index (χ0v) is 21.4. The largest absolute Gasteiger partial charge is 0.292 e. The Kier molecular flexibility index (Phi) is 9.12. The first-order chi connectivity index (χ1) is 15.1. The molecule has 32 heavy (non-hydrogen) atoms. The first-order valence-electron chi connectivity index (χ1n) is 12.0. The van der Waals surface area contributed by atoms with Crippen molar-refractivity contribution in [2.75, 3.05) is 0 Å². The molecule has 2 aromatic rings. The first kappa shape index (κ1) is 25.7. The highest BCUT2D eigenvalue weighted by Crippen LogP contribution is 2.36. The molecule has 0 aromatic heterocycles. The van der Waals surface area contributed by atoms with E-state index in [4.69, 9.17) is 9.98 Å². The van der Waals surface area contributed by atoms with E-state index in [9.17, 15) is 4.79 Å². The van der Waals surface area contributed by atoms with Gasteiger partial charge in [-0.15, -0.1) is 0 Å². The number of rotatable bonds is 9. The normalized spacial score (nSPS) is 12.7. The van der Waals surface area contributed by atoms with E-state index in [1.165, 1.54) is 11.1 Å². The van der Waals surface area contributed by atoms with Gasteiger partial charge in [0.2, 0.25) is 0 Å². The van der Waals surface area contributed by atoms with E-state index in [0.717, 1.165) is 22.5 Å². The van der Waals surface area contributed by atoms with Crippen molar-refractivity contribution in [1.82, 2.24) is 0 Å². The van der Waals surface area contributed by atoms with E-state index in [-0.39, 0.29) is 5.78 Å². The van der Waals surface area contributed by atoms with Crippen molar-refractivity contribution >= 4 is 29.1 Å². The SMILES string of the molecule is CCC(=O)C(C=Nc1c(C(C)C)cccc1C(C)C)=Nc1c(C(C)C)cccc1C(C)C. The number of Topliss-reactive ketones (excluding diaryl/α,β-unsaturated/α-hetero) is 1. The Bertz CT molecular complexity index is 942. The number of benzene rings is 2. The number of carbonyl (C=O) groups is 1. The van der Waals surface area contributed by atoms with Gasteiger partial charge in [0, 0.05) is 6.42 Å². The summed E-state index contributed by atoms with van der Waals surface area (Å²) in [4.78, 5) is 22.8. The van der Waals surface area contributed by atoms with Crippen molar-refractivity contribution in [3.05, 3.63) is 58.7 Å². The number of hydrogen-bond donors (Lipinski definition) is 0. The second-order valence-electron chi connectivity index (χ2n) is 9.72. The van der Waals surface area contributed by atoms with Crippen molar-refractivity contribution in [2.24, 2.45) is 9.98 Å². The summed E-state index contributed by atoms with van der Waals surface area (Å²) in [7, 11) is 0. The Labute approximate surface area is 195 Å². The van der Waals surface area contributed by atoms with Gasteiger partial charge in [-0.25, -0.2) is 4.99 Å². The van der Waals surface area contributed by atoms with Crippen LogP contribution in [0.1, 0.15) is 115 Å². The molecule has 0 amide bonds. The molecule has 0 spiro atoms. The third kappa shape index (κ3) is 6.03. The fourth-order valence-electron chi connectivity index (χ4n) is 3.89. The van der Waals surface area contributed by atoms with Crippen LogP contribution in [0.15, 0.2) is 46.4 Å². The second kappa shape index (κ2) is 11.4. The Hall–Kier alpha value is -2.55. The summed E-state index contributed by atoms with van der Waals surface area (Å²) in [6.07, 6.45) is 2.09. The van der Waals surface area contributed by atoms with Crippen LogP contribution in [-0.4, -0.2) is 17.7 Å². The van der Waals surface area contributed by atoms with Crippen LogP contribution in [0, 0.1) is 0 Å². The molecule has 0 aliphatic rings. The van der Waals surface area contributed by atoms with E-state index in [2.05, 4.69) is 91.8 Å². The summed E-state index contributed by atoms with van der Waals surface area (Å²) >= 11 is 0. The Morgan fingerprint density at radius 3 is 1.44 bits per heavy atom. The lowest BCUT2D eigenvalue weighted by Gasteiger charge is -2.17. The van der Waals surface area contributed by atoms with Gasteiger partial charge in [-0.2, -0.15) is 0 Å². The third-order valence-corrected chi connectivity index (χ3v) is 5.84. The van der Waals surface area contributed by atoms with Crippen molar-refractivity contribution in [3.8, 4) is 0 Å². The molecule has 172 valence electrons. The Morgan fingerprint density at radius 2 is 1.09 bits per heavy atom. The van der Waals surface area contributed by atoms with Gasteiger partial charge in [-0.3, -0.25) is 9.79 Å². The minimum Gasteiger partial charge on any atom is -0.292 e. The van der Waals surface area contributed by atoms with Gasteiger partial charge in [0.1, 0.15) is 5.71 Å². The maximum absolute atomic E-state index is 12.9. The van der Waals surface area contributed by atoms with Crippen LogP contribution in [0.25, 0.3) is 0 Å². The minimum atomic E-state index is 0.00939. The fraction of sp³-hybridized carbons (Fsp3) is 0.483. The van der Waals surface area contributed by atoms with Gasteiger partial charge < -0.3 is 0 Å². The van der Waals surface area contributed by atoms with E-state index in [1.54, 1.807) is 6.21 Å².